The van der Waals surface area contributed by atoms with Crippen LogP contribution in [0.2, 0.25) is 0 Å². The molecule has 1 heterocycles. The molecule has 0 saturated heterocycles. The van der Waals surface area contributed by atoms with Crippen LogP contribution in [0, 0.1) is 0 Å². The van der Waals surface area contributed by atoms with Crippen LogP contribution in [0.5, 0.6) is 0 Å². The lowest BCUT2D eigenvalue weighted by Gasteiger charge is -2.21. The lowest BCUT2D eigenvalue weighted by molar-refractivity contribution is 0.00502. The van der Waals surface area contributed by atoms with E-state index in [0.29, 0.717) is 12.4 Å². The number of nitrogens with two attached hydrogens (primary N) is 1. The number of hydrogen-bond donors (Lipinski definition) is 1. The smallest absolute Gasteiger partial charge is 0.165 e. The van der Waals surface area contributed by atoms with Gasteiger partial charge in [0.05, 0.1) is 18.3 Å². The molecular formula is C7H14N4O. The van der Waals surface area contributed by atoms with Crippen molar-refractivity contribution in [3.63, 3.8) is 0 Å². The van der Waals surface area contributed by atoms with Crippen LogP contribution < -0.4 is 5.73 Å². The van der Waals surface area contributed by atoms with Gasteiger partial charge in [-0.3, -0.25) is 0 Å². The van der Waals surface area contributed by atoms with E-state index >= 15 is 0 Å². The Balaban J connectivity index is 2.63. The number of ether oxygens (including phenoxy) is 1. The van der Waals surface area contributed by atoms with Crippen LogP contribution in [-0.2, 0) is 11.3 Å². The number of aromatic nitrogens is 3. The zero-order valence-electron chi connectivity index (χ0n) is 7.61. The molecule has 1 rings (SSSR count). The first-order valence-electron chi connectivity index (χ1n) is 3.74. The van der Waals surface area contributed by atoms with Crippen molar-refractivity contribution in [3.8, 4) is 0 Å². The van der Waals surface area contributed by atoms with Gasteiger partial charge < -0.3 is 10.5 Å². The van der Waals surface area contributed by atoms with Gasteiger partial charge in [0.15, 0.2) is 5.82 Å². The molecule has 0 spiro atoms. The van der Waals surface area contributed by atoms with Gasteiger partial charge in [0.1, 0.15) is 0 Å². The van der Waals surface area contributed by atoms with Gasteiger partial charge >= 0.3 is 0 Å². The van der Waals surface area contributed by atoms with Gasteiger partial charge in [-0.2, -0.15) is 0 Å². The first kappa shape index (κ1) is 8.99. The number of hydrogen-bond acceptors (Lipinski definition) is 4. The average Bonchev–Trinajstić information content (AvgIpc) is 2.35. The molecule has 0 saturated carbocycles. The molecule has 0 fully saturated rings. The summed E-state index contributed by atoms with van der Waals surface area (Å²) in [5, 5.41) is 7.48. The lowest BCUT2D eigenvalue weighted by atomic mass is 10.1. The molecule has 0 atom stereocenters. The highest BCUT2D eigenvalue weighted by Crippen LogP contribution is 2.10. The molecule has 2 N–H and O–H groups in total. The summed E-state index contributed by atoms with van der Waals surface area (Å²) in [6, 6.07) is 0. The fourth-order valence-corrected chi connectivity index (χ4v) is 0.845. The topological polar surface area (TPSA) is 66.0 Å². The fraction of sp³-hybridized carbons (Fsp3) is 0.714. The second-order valence-electron chi connectivity index (χ2n) is 3.30. The Morgan fingerprint density at radius 3 is 2.75 bits per heavy atom. The Labute approximate surface area is 71.5 Å². The highest BCUT2D eigenvalue weighted by molar-refractivity contribution is 5.19. The van der Waals surface area contributed by atoms with Gasteiger partial charge in [-0.05, 0) is 13.8 Å². The summed E-state index contributed by atoms with van der Waals surface area (Å²) in [5.41, 5.74) is 5.17. The summed E-state index contributed by atoms with van der Waals surface area (Å²) in [6.45, 7) is 4.60. The maximum absolute atomic E-state index is 5.40. The van der Waals surface area contributed by atoms with E-state index in [9.17, 15) is 0 Å². The number of nitrogen functional groups attached to an aromatic ring is 1. The van der Waals surface area contributed by atoms with E-state index in [-0.39, 0.29) is 5.60 Å². The molecule has 0 aliphatic heterocycles. The molecule has 12 heavy (non-hydrogen) atoms. The van der Waals surface area contributed by atoms with Gasteiger partial charge in [0.25, 0.3) is 0 Å². The van der Waals surface area contributed by atoms with Crippen molar-refractivity contribution >= 4 is 5.82 Å². The Morgan fingerprint density at radius 2 is 2.33 bits per heavy atom. The second-order valence-corrected chi connectivity index (χ2v) is 3.30. The largest absolute Gasteiger partial charge is 0.381 e. The summed E-state index contributed by atoms with van der Waals surface area (Å²) in [5.74, 6) is 0.432. The van der Waals surface area contributed by atoms with Crippen molar-refractivity contribution in [3.05, 3.63) is 6.20 Å². The van der Waals surface area contributed by atoms with E-state index in [1.807, 2.05) is 13.8 Å². The molecule has 0 radical (unpaired) electrons. The summed E-state index contributed by atoms with van der Waals surface area (Å²) >= 11 is 0. The van der Waals surface area contributed by atoms with E-state index in [4.69, 9.17) is 10.5 Å². The molecule has 0 aliphatic carbocycles. The highest BCUT2D eigenvalue weighted by atomic mass is 16.5. The minimum Gasteiger partial charge on any atom is -0.381 e. The Hall–Kier alpha value is -1.10. The molecule has 0 aromatic carbocycles. The monoisotopic (exact) mass is 170 g/mol. The van der Waals surface area contributed by atoms with Crippen LogP contribution in [0.3, 0.4) is 0 Å². The number of methoxy groups -OCH3 is 1. The number of rotatable bonds is 3. The Morgan fingerprint density at radius 1 is 1.67 bits per heavy atom. The standard InChI is InChI=1S/C7H14N4O/c1-7(2,12-3)5-11-4-6(8)9-10-11/h4H,5,8H2,1-3H3. The quantitative estimate of drug-likeness (QED) is 0.707. The van der Waals surface area contributed by atoms with Crippen LogP contribution >= 0.6 is 0 Å². The van der Waals surface area contributed by atoms with E-state index in [0.717, 1.165) is 0 Å². The number of anilines is 1. The van der Waals surface area contributed by atoms with E-state index in [2.05, 4.69) is 10.3 Å². The molecule has 0 unspecified atom stereocenters. The van der Waals surface area contributed by atoms with Gasteiger partial charge in [0.2, 0.25) is 0 Å². The third kappa shape index (κ3) is 2.20. The van der Waals surface area contributed by atoms with Crippen LogP contribution in [0.1, 0.15) is 13.8 Å². The van der Waals surface area contributed by atoms with Crippen molar-refractivity contribution in [2.24, 2.45) is 0 Å². The summed E-state index contributed by atoms with van der Waals surface area (Å²) in [6.07, 6.45) is 1.68. The minimum absolute atomic E-state index is 0.236. The third-order valence-electron chi connectivity index (χ3n) is 1.65. The van der Waals surface area contributed by atoms with Crippen molar-refractivity contribution in [1.29, 1.82) is 0 Å². The summed E-state index contributed by atoms with van der Waals surface area (Å²) in [4.78, 5) is 0. The second kappa shape index (κ2) is 3.10. The maximum atomic E-state index is 5.40. The Kier molecular flexibility index (Phi) is 2.32. The maximum Gasteiger partial charge on any atom is 0.165 e. The molecule has 0 amide bonds. The van der Waals surface area contributed by atoms with Gasteiger partial charge in [-0.1, -0.05) is 5.21 Å². The summed E-state index contributed by atoms with van der Waals surface area (Å²) in [7, 11) is 1.67. The van der Waals surface area contributed by atoms with Crippen molar-refractivity contribution in [2.75, 3.05) is 12.8 Å². The number of nitrogens with zero attached hydrogens (tertiary/aromatic N) is 3. The Bertz CT molecular complexity index is 256. The first-order chi connectivity index (χ1) is 5.53. The predicted octanol–water partition coefficient (Wildman–Crippen LogP) is 0.285. The zero-order valence-corrected chi connectivity index (χ0v) is 7.61. The van der Waals surface area contributed by atoms with Crippen LogP contribution in [-0.4, -0.2) is 27.7 Å². The van der Waals surface area contributed by atoms with Crippen LogP contribution in [0.4, 0.5) is 5.82 Å². The van der Waals surface area contributed by atoms with Gasteiger partial charge in [-0.25, -0.2) is 4.68 Å². The van der Waals surface area contributed by atoms with E-state index < -0.39 is 0 Å². The first-order valence-corrected chi connectivity index (χ1v) is 3.74. The van der Waals surface area contributed by atoms with Crippen LogP contribution in [0.15, 0.2) is 6.20 Å². The predicted molar refractivity (Wildman–Crippen MR) is 45.5 cm³/mol. The lowest BCUT2D eigenvalue weighted by Crippen LogP contribution is -2.29. The van der Waals surface area contributed by atoms with Crippen LogP contribution in [0.25, 0.3) is 0 Å². The van der Waals surface area contributed by atoms with E-state index in [1.54, 1.807) is 18.0 Å². The van der Waals surface area contributed by atoms with Gasteiger partial charge in [-0.15, -0.1) is 5.10 Å². The molecular weight excluding hydrogens is 156 g/mol. The molecule has 1 aromatic heterocycles. The molecule has 5 heteroatoms. The molecule has 68 valence electrons. The molecule has 1 aromatic rings. The molecule has 0 aliphatic rings. The van der Waals surface area contributed by atoms with Crippen molar-refractivity contribution in [2.45, 2.75) is 26.0 Å². The zero-order chi connectivity index (χ0) is 9.19. The molecule has 5 nitrogen and oxygen atoms in total. The fourth-order valence-electron chi connectivity index (χ4n) is 0.845. The van der Waals surface area contributed by atoms with Crippen molar-refractivity contribution in [1.82, 2.24) is 15.0 Å². The highest BCUT2D eigenvalue weighted by Gasteiger charge is 2.17. The average molecular weight is 170 g/mol. The normalized spacial score (nSPS) is 11.9. The van der Waals surface area contributed by atoms with Gasteiger partial charge in [0, 0.05) is 7.11 Å². The third-order valence-corrected chi connectivity index (χ3v) is 1.65. The minimum atomic E-state index is -0.236. The SMILES string of the molecule is COC(C)(C)Cn1cc(N)nn1. The van der Waals surface area contributed by atoms with E-state index in [1.165, 1.54) is 0 Å². The molecule has 0 bridgehead atoms. The summed E-state index contributed by atoms with van der Waals surface area (Å²) < 4.78 is 6.89. The van der Waals surface area contributed by atoms with Crippen molar-refractivity contribution < 1.29 is 4.74 Å².